The van der Waals surface area contributed by atoms with E-state index in [0.717, 1.165) is 10.8 Å². The third-order valence-electron chi connectivity index (χ3n) is 3.35. The summed E-state index contributed by atoms with van der Waals surface area (Å²) in [6, 6.07) is 18.2. The van der Waals surface area contributed by atoms with Crippen LogP contribution in [0.4, 0.5) is 15.8 Å². The monoisotopic (exact) mass is 308 g/mol. The number of anilines is 2. The van der Waals surface area contributed by atoms with Crippen LogP contribution in [0.2, 0.25) is 0 Å². The smallest absolute Gasteiger partial charge is 0.314 e. The molecule has 0 fully saturated rings. The summed E-state index contributed by atoms with van der Waals surface area (Å²) in [5.41, 5.74) is 0.909. The van der Waals surface area contributed by atoms with Crippen molar-refractivity contribution in [2.75, 3.05) is 10.6 Å². The van der Waals surface area contributed by atoms with Gasteiger partial charge in [-0.1, -0.05) is 36.4 Å². The zero-order valence-electron chi connectivity index (χ0n) is 12.0. The Balaban J connectivity index is 1.75. The fourth-order valence-electron chi connectivity index (χ4n) is 2.23. The van der Waals surface area contributed by atoms with E-state index in [1.54, 1.807) is 12.1 Å². The molecule has 5 heteroatoms. The van der Waals surface area contributed by atoms with E-state index in [1.807, 2.05) is 30.3 Å². The molecule has 0 spiro atoms. The number of carbonyl (C=O) groups excluding carboxylic acids is 2. The lowest BCUT2D eigenvalue weighted by atomic mass is 10.1. The lowest BCUT2D eigenvalue weighted by molar-refractivity contribution is -0.132. The SMILES string of the molecule is O=C(Nc1ccc(F)cc1)C(=O)Nc1cccc2ccccc12. The number of amides is 2. The molecule has 0 aliphatic rings. The Labute approximate surface area is 131 Å². The maximum Gasteiger partial charge on any atom is 0.314 e. The number of carbonyl (C=O) groups is 2. The fourth-order valence-corrected chi connectivity index (χ4v) is 2.23. The van der Waals surface area contributed by atoms with E-state index in [2.05, 4.69) is 10.6 Å². The summed E-state index contributed by atoms with van der Waals surface area (Å²) in [5, 5.41) is 6.82. The predicted molar refractivity (Wildman–Crippen MR) is 87.6 cm³/mol. The van der Waals surface area contributed by atoms with Gasteiger partial charge in [-0.05, 0) is 35.7 Å². The van der Waals surface area contributed by atoms with Crippen molar-refractivity contribution in [3.63, 3.8) is 0 Å². The van der Waals surface area contributed by atoms with Crippen LogP contribution >= 0.6 is 0 Å². The summed E-state index contributed by atoms with van der Waals surface area (Å²) in [4.78, 5) is 24.0. The van der Waals surface area contributed by atoms with Crippen LogP contribution in [0.5, 0.6) is 0 Å². The van der Waals surface area contributed by atoms with Crippen molar-refractivity contribution < 1.29 is 14.0 Å². The summed E-state index contributed by atoms with van der Waals surface area (Å²) in [6.07, 6.45) is 0. The van der Waals surface area contributed by atoms with Crippen LogP contribution in [0.15, 0.2) is 66.7 Å². The van der Waals surface area contributed by atoms with Gasteiger partial charge in [0.2, 0.25) is 0 Å². The molecule has 0 saturated heterocycles. The molecule has 0 saturated carbocycles. The Hall–Kier alpha value is -3.21. The van der Waals surface area contributed by atoms with Crippen LogP contribution in [0, 0.1) is 5.82 Å². The molecule has 0 heterocycles. The first kappa shape index (κ1) is 14.7. The summed E-state index contributed by atoms with van der Waals surface area (Å²) >= 11 is 0. The molecular weight excluding hydrogens is 295 g/mol. The van der Waals surface area contributed by atoms with Gasteiger partial charge in [-0.15, -0.1) is 0 Å². The Morgan fingerprint density at radius 2 is 1.39 bits per heavy atom. The number of hydrogen-bond acceptors (Lipinski definition) is 2. The molecule has 3 aromatic carbocycles. The first-order valence-corrected chi connectivity index (χ1v) is 6.99. The molecule has 0 radical (unpaired) electrons. The van der Waals surface area contributed by atoms with Gasteiger partial charge in [-0.2, -0.15) is 0 Å². The van der Waals surface area contributed by atoms with Gasteiger partial charge in [-0.3, -0.25) is 9.59 Å². The zero-order chi connectivity index (χ0) is 16.2. The molecular formula is C18H13FN2O2. The molecule has 3 rings (SSSR count). The lowest BCUT2D eigenvalue weighted by Gasteiger charge is -2.09. The minimum absolute atomic E-state index is 0.351. The summed E-state index contributed by atoms with van der Waals surface area (Å²) < 4.78 is 12.8. The molecule has 23 heavy (non-hydrogen) atoms. The van der Waals surface area contributed by atoms with Gasteiger partial charge < -0.3 is 10.6 Å². The second-order valence-corrected chi connectivity index (χ2v) is 4.94. The third-order valence-corrected chi connectivity index (χ3v) is 3.35. The van der Waals surface area contributed by atoms with Crippen LogP contribution in [0.1, 0.15) is 0 Å². The van der Waals surface area contributed by atoms with Gasteiger partial charge in [0, 0.05) is 16.8 Å². The minimum atomic E-state index is -0.815. The molecule has 0 aliphatic carbocycles. The van der Waals surface area contributed by atoms with Crippen molar-refractivity contribution in [2.24, 2.45) is 0 Å². The number of rotatable bonds is 2. The molecule has 0 aliphatic heterocycles. The number of benzene rings is 3. The van der Waals surface area contributed by atoms with Gasteiger partial charge >= 0.3 is 11.8 Å². The van der Waals surface area contributed by atoms with Gasteiger partial charge in [0.05, 0.1) is 0 Å². The molecule has 3 aromatic rings. The van der Waals surface area contributed by atoms with Crippen LogP contribution in [0.3, 0.4) is 0 Å². The number of nitrogens with one attached hydrogen (secondary N) is 2. The molecule has 4 nitrogen and oxygen atoms in total. The van der Waals surface area contributed by atoms with Gasteiger partial charge in [0.25, 0.3) is 0 Å². The van der Waals surface area contributed by atoms with Crippen LogP contribution in [0.25, 0.3) is 10.8 Å². The normalized spacial score (nSPS) is 10.3. The maximum atomic E-state index is 12.8. The van der Waals surface area contributed by atoms with E-state index in [4.69, 9.17) is 0 Å². The van der Waals surface area contributed by atoms with E-state index >= 15 is 0 Å². The quantitative estimate of drug-likeness (QED) is 0.711. The fraction of sp³-hybridized carbons (Fsp3) is 0. The molecule has 2 N–H and O–H groups in total. The van der Waals surface area contributed by atoms with Crippen molar-refractivity contribution in [2.45, 2.75) is 0 Å². The average Bonchev–Trinajstić information content (AvgIpc) is 2.57. The zero-order valence-corrected chi connectivity index (χ0v) is 12.0. The first-order valence-electron chi connectivity index (χ1n) is 6.99. The molecule has 114 valence electrons. The highest BCUT2D eigenvalue weighted by atomic mass is 19.1. The average molecular weight is 308 g/mol. The number of hydrogen-bond donors (Lipinski definition) is 2. The number of halogens is 1. The highest BCUT2D eigenvalue weighted by molar-refractivity contribution is 6.44. The van der Waals surface area contributed by atoms with E-state index < -0.39 is 17.6 Å². The van der Waals surface area contributed by atoms with E-state index in [9.17, 15) is 14.0 Å². The summed E-state index contributed by atoms with van der Waals surface area (Å²) in [7, 11) is 0. The van der Waals surface area contributed by atoms with Gasteiger partial charge in [0.1, 0.15) is 5.82 Å². The highest BCUT2D eigenvalue weighted by Gasteiger charge is 2.15. The second kappa shape index (κ2) is 6.27. The van der Waals surface area contributed by atoms with E-state index in [0.29, 0.717) is 11.4 Å². The summed E-state index contributed by atoms with van der Waals surface area (Å²) in [6.45, 7) is 0. The summed E-state index contributed by atoms with van der Waals surface area (Å²) in [5.74, 6) is -2.02. The standard InChI is InChI=1S/C18H13FN2O2/c19-13-8-10-14(11-9-13)20-17(22)18(23)21-16-7-3-5-12-4-1-2-6-15(12)16/h1-11H,(H,20,22)(H,21,23). The Morgan fingerprint density at radius 3 is 2.17 bits per heavy atom. The van der Waals surface area contributed by atoms with Crippen molar-refractivity contribution in [3.8, 4) is 0 Å². The van der Waals surface area contributed by atoms with Gasteiger partial charge in [-0.25, -0.2) is 4.39 Å². The molecule has 2 amide bonds. The van der Waals surface area contributed by atoms with Crippen molar-refractivity contribution in [1.29, 1.82) is 0 Å². The molecule has 0 aromatic heterocycles. The van der Waals surface area contributed by atoms with Crippen molar-refractivity contribution in [1.82, 2.24) is 0 Å². The second-order valence-electron chi connectivity index (χ2n) is 4.94. The van der Waals surface area contributed by atoms with Crippen LogP contribution < -0.4 is 10.6 Å². The predicted octanol–water partition coefficient (Wildman–Crippen LogP) is 3.56. The van der Waals surface area contributed by atoms with E-state index in [1.165, 1.54) is 24.3 Å². The molecule has 0 unspecified atom stereocenters. The lowest BCUT2D eigenvalue weighted by Crippen LogP contribution is -2.29. The van der Waals surface area contributed by atoms with Crippen LogP contribution in [-0.2, 0) is 9.59 Å². The largest absolute Gasteiger partial charge is 0.318 e. The van der Waals surface area contributed by atoms with Crippen molar-refractivity contribution in [3.05, 3.63) is 72.5 Å². The molecule has 0 atom stereocenters. The van der Waals surface area contributed by atoms with Gasteiger partial charge in [0.15, 0.2) is 0 Å². The minimum Gasteiger partial charge on any atom is -0.318 e. The Kier molecular flexibility index (Phi) is 4.01. The maximum absolute atomic E-state index is 12.8. The molecule has 0 bridgehead atoms. The first-order chi connectivity index (χ1) is 11.1. The Morgan fingerprint density at radius 1 is 0.739 bits per heavy atom. The van der Waals surface area contributed by atoms with E-state index in [-0.39, 0.29) is 0 Å². The number of fused-ring (bicyclic) bond motifs is 1. The highest BCUT2D eigenvalue weighted by Crippen LogP contribution is 2.22. The Bertz CT molecular complexity index is 870. The van der Waals surface area contributed by atoms with Crippen molar-refractivity contribution >= 4 is 34.0 Å². The third kappa shape index (κ3) is 3.35. The topological polar surface area (TPSA) is 58.2 Å². The van der Waals surface area contributed by atoms with Crippen LogP contribution in [-0.4, -0.2) is 11.8 Å².